The summed E-state index contributed by atoms with van der Waals surface area (Å²) < 4.78 is 0. The zero-order chi connectivity index (χ0) is 9.56. The monoisotopic (exact) mass is 188 g/mol. The molecule has 0 radical (unpaired) electrons. The predicted octanol–water partition coefficient (Wildman–Crippen LogP) is 0.179. The molecule has 4 nitrogen and oxygen atoms in total. The van der Waals surface area contributed by atoms with Gasteiger partial charge in [0.1, 0.15) is 0 Å². The highest BCUT2D eigenvalue weighted by molar-refractivity contribution is 7.80. The van der Waals surface area contributed by atoms with E-state index in [0.717, 1.165) is 6.42 Å². The van der Waals surface area contributed by atoms with E-state index >= 15 is 0 Å². The molecule has 0 rings (SSSR count). The minimum absolute atomic E-state index is 0.0353. The van der Waals surface area contributed by atoms with Crippen LogP contribution in [0.3, 0.4) is 0 Å². The number of nitrogens with two attached hydrogens (primary N) is 2. The summed E-state index contributed by atoms with van der Waals surface area (Å²) >= 11 is 4.55. The summed E-state index contributed by atoms with van der Waals surface area (Å²) in [7, 11) is 0. The first-order valence-electron chi connectivity index (χ1n) is 3.86. The van der Waals surface area contributed by atoms with Gasteiger partial charge in [-0.25, -0.2) is 0 Å². The molecule has 0 aliphatic carbocycles. The Hall–Kier alpha value is -0.680. The van der Waals surface area contributed by atoms with Crippen LogP contribution in [-0.4, -0.2) is 17.4 Å². The zero-order valence-corrected chi connectivity index (χ0v) is 8.27. The number of rotatable bonds is 4. The molecular formula is C7H16N4S. The van der Waals surface area contributed by atoms with E-state index in [4.69, 9.17) is 11.5 Å². The molecule has 1 unspecified atom stereocenters. The molecule has 0 aromatic carbocycles. The van der Waals surface area contributed by atoms with Crippen molar-refractivity contribution in [2.45, 2.75) is 26.3 Å². The van der Waals surface area contributed by atoms with Crippen molar-refractivity contribution < 1.29 is 0 Å². The van der Waals surface area contributed by atoms with Gasteiger partial charge in [0.05, 0.1) is 0 Å². The Morgan fingerprint density at radius 3 is 2.67 bits per heavy atom. The lowest BCUT2D eigenvalue weighted by Crippen LogP contribution is -2.28. The van der Waals surface area contributed by atoms with Crippen molar-refractivity contribution in [1.29, 1.82) is 0 Å². The molecular weight excluding hydrogens is 172 g/mol. The Morgan fingerprint density at radius 2 is 2.25 bits per heavy atom. The van der Waals surface area contributed by atoms with E-state index in [9.17, 15) is 0 Å². The van der Waals surface area contributed by atoms with Crippen molar-refractivity contribution in [2.75, 3.05) is 0 Å². The Kier molecular flexibility index (Phi) is 5.57. The number of nitrogens with zero attached hydrogens (tertiary/aromatic N) is 1. The topological polar surface area (TPSA) is 76.4 Å². The fourth-order valence-corrected chi connectivity index (χ4v) is 0.855. The number of nitrogens with one attached hydrogen (secondary N) is 1. The molecule has 5 N–H and O–H groups in total. The summed E-state index contributed by atoms with van der Waals surface area (Å²) in [6.45, 7) is 4.21. The average molecular weight is 188 g/mol. The molecule has 0 saturated heterocycles. The van der Waals surface area contributed by atoms with Gasteiger partial charge in [-0.3, -0.25) is 5.43 Å². The molecule has 1 atom stereocenters. The second kappa shape index (κ2) is 5.91. The van der Waals surface area contributed by atoms with Gasteiger partial charge >= 0.3 is 0 Å². The third kappa shape index (κ3) is 7.43. The maximum Gasteiger partial charge on any atom is 0.184 e. The Morgan fingerprint density at radius 1 is 1.67 bits per heavy atom. The van der Waals surface area contributed by atoms with Crippen LogP contribution in [0, 0.1) is 5.92 Å². The molecule has 5 heteroatoms. The lowest BCUT2D eigenvalue weighted by molar-refractivity contribution is 0.563. The van der Waals surface area contributed by atoms with Crippen LogP contribution in [0.25, 0.3) is 0 Å². The maximum absolute atomic E-state index is 5.69. The highest BCUT2D eigenvalue weighted by Gasteiger charge is 2.01. The van der Waals surface area contributed by atoms with Crippen LogP contribution >= 0.6 is 12.2 Å². The van der Waals surface area contributed by atoms with Gasteiger partial charge < -0.3 is 11.5 Å². The van der Waals surface area contributed by atoms with Gasteiger partial charge in [-0.2, -0.15) is 5.10 Å². The van der Waals surface area contributed by atoms with Gasteiger partial charge in [-0.15, -0.1) is 0 Å². The Balaban J connectivity index is 3.60. The Bertz CT molecular complexity index is 167. The van der Waals surface area contributed by atoms with Crippen molar-refractivity contribution in [1.82, 2.24) is 5.43 Å². The Labute approximate surface area is 78.4 Å². The van der Waals surface area contributed by atoms with Crippen LogP contribution in [0.1, 0.15) is 20.3 Å². The lowest BCUT2D eigenvalue weighted by Gasteiger charge is -2.07. The molecule has 70 valence electrons. The molecule has 0 aromatic rings. The second-order valence-corrected chi connectivity index (χ2v) is 3.49. The fraction of sp³-hybridized carbons (Fsp3) is 0.714. The minimum Gasteiger partial charge on any atom is -0.375 e. The van der Waals surface area contributed by atoms with Gasteiger partial charge in [0.2, 0.25) is 0 Å². The number of hydrazone groups is 1. The van der Waals surface area contributed by atoms with Gasteiger partial charge in [0.15, 0.2) is 5.11 Å². The van der Waals surface area contributed by atoms with E-state index < -0.39 is 0 Å². The molecule has 0 bridgehead atoms. The summed E-state index contributed by atoms with van der Waals surface area (Å²) in [5, 5.41) is 3.91. The largest absolute Gasteiger partial charge is 0.375 e. The number of hydrogen-bond acceptors (Lipinski definition) is 3. The van der Waals surface area contributed by atoms with E-state index in [1.807, 2.05) is 0 Å². The van der Waals surface area contributed by atoms with E-state index in [0.29, 0.717) is 5.92 Å². The number of hydrogen-bond donors (Lipinski definition) is 3. The minimum atomic E-state index is -0.0353. The number of thiocarbonyl (C=S) groups is 1. The summed E-state index contributed by atoms with van der Waals surface area (Å²) in [5.74, 6) is 0.566. The van der Waals surface area contributed by atoms with Crippen LogP contribution in [-0.2, 0) is 0 Å². The van der Waals surface area contributed by atoms with Crippen molar-refractivity contribution in [3.05, 3.63) is 0 Å². The smallest absolute Gasteiger partial charge is 0.184 e. The fourth-order valence-electron chi connectivity index (χ4n) is 0.802. The molecule has 0 heterocycles. The third-order valence-corrected chi connectivity index (χ3v) is 1.28. The van der Waals surface area contributed by atoms with Crippen LogP contribution in [0.5, 0.6) is 0 Å². The maximum atomic E-state index is 5.69. The van der Waals surface area contributed by atoms with Gasteiger partial charge in [0, 0.05) is 12.3 Å². The van der Waals surface area contributed by atoms with Crippen LogP contribution in [0.2, 0.25) is 0 Å². The van der Waals surface area contributed by atoms with Crippen molar-refractivity contribution >= 4 is 23.5 Å². The average Bonchev–Trinajstić information content (AvgIpc) is 1.84. The lowest BCUT2D eigenvalue weighted by atomic mass is 10.1. The first-order chi connectivity index (χ1) is 5.52. The molecule has 0 fully saturated rings. The summed E-state index contributed by atoms with van der Waals surface area (Å²) in [6, 6.07) is -0.0353. The molecule has 0 spiro atoms. The molecule has 0 saturated carbocycles. The van der Waals surface area contributed by atoms with E-state index in [1.54, 1.807) is 6.21 Å². The van der Waals surface area contributed by atoms with E-state index in [1.165, 1.54) is 0 Å². The molecule has 0 aliphatic heterocycles. The van der Waals surface area contributed by atoms with Crippen LogP contribution in [0.4, 0.5) is 0 Å². The van der Waals surface area contributed by atoms with Gasteiger partial charge in [0.25, 0.3) is 0 Å². The molecule has 12 heavy (non-hydrogen) atoms. The highest BCUT2D eigenvalue weighted by atomic mass is 32.1. The van der Waals surface area contributed by atoms with Crippen molar-refractivity contribution in [3.63, 3.8) is 0 Å². The van der Waals surface area contributed by atoms with E-state index in [2.05, 4.69) is 36.6 Å². The van der Waals surface area contributed by atoms with Crippen molar-refractivity contribution in [3.8, 4) is 0 Å². The van der Waals surface area contributed by atoms with E-state index in [-0.39, 0.29) is 11.2 Å². The zero-order valence-electron chi connectivity index (χ0n) is 7.45. The first kappa shape index (κ1) is 11.3. The summed E-state index contributed by atoms with van der Waals surface area (Å²) in [5.41, 5.74) is 13.3. The van der Waals surface area contributed by atoms with Crippen LogP contribution in [0.15, 0.2) is 5.10 Å². The molecule has 0 aliphatic rings. The third-order valence-electron chi connectivity index (χ3n) is 1.18. The first-order valence-corrected chi connectivity index (χ1v) is 4.27. The molecule has 0 amide bonds. The van der Waals surface area contributed by atoms with Gasteiger partial charge in [-0.1, -0.05) is 13.8 Å². The summed E-state index contributed by atoms with van der Waals surface area (Å²) in [6.07, 6.45) is 2.52. The van der Waals surface area contributed by atoms with Gasteiger partial charge in [-0.05, 0) is 24.6 Å². The normalized spacial score (nSPS) is 13.7. The predicted molar refractivity (Wildman–Crippen MR) is 55.8 cm³/mol. The second-order valence-electron chi connectivity index (χ2n) is 3.05. The summed E-state index contributed by atoms with van der Waals surface area (Å²) in [4.78, 5) is 0. The van der Waals surface area contributed by atoms with Crippen molar-refractivity contribution in [2.24, 2.45) is 22.5 Å². The van der Waals surface area contributed by atoms with Crippen LogP contribution < -0.4 is 16.9 Å². The standard InChI is InChI=1S/C7H16N4S/c1-5(2)3-6(8)4-10-11-7(9)12/h4-6H,3,8H2,1-2H3,(H3,9,11,12)/b10-4-. The molecule has 0 aromatic heterocycles. The quantitative estimate of drug-likeness (QED) is 0.334. The SMILES string of the molecule is CC(C)CC(N)/C=N\NC(N)=S. The highest BCUT2D eigenvalue weighted by Crippen LogP contribution is 2.00.